The Morgan fingerprint density at radius 2 is 1.92 bits per heavy atom. The standard InChI is InChI=1S/C20H23Cl2NO/c1-2-10-23-16-8-6-15-12-17(9-7-14(15)11-16)24-13-18-19(21)4-3-5-20(18)22/h3-5,7,9,12,16,23H,2,6,8,10-11,13H2,1H3. The van der Waals surface area contributed by atoms with Crippen molar-refractivity contribution >= 4 is 23.2 Å². The van der Waals surface area contributed by atoms with Crippen molar-refractivity contribution < 1.29 is 4.74 Å². The molecular formula is C20H23Cl2NO. The molecule has 1 aliphatic carbocycles. The Balaban J connectivity index is 1.65. The summed E-state index contributed by atoms with van der Waals surface area (Å²) < 4.78 is 5.93. The Hall–Kier alpha value is -1.22. The fourth-order valence-corrected chi connectivity index (χ4v) is 3.68. The number of benzene rings is 2. The van der Waals surface area contributed by atoms with Crippen LogP contribution in [0.2, 0.25) is 10.0 Å². The van der Waals surface area contributed by atoms with Crippen LogP contribution in [0.25, 0.3) is 0 Å². The summed E-state index contributed by atoms with van der Waals surface area (Å²) in [6.45, 7) is 3.69. The Bertz CT molecular complexity index is 682. The van der Waals surface area contributed by atoms with Crippen molar-refractivity contribution in [3.05, 3.63) is 63.1 Å². The monoisotopic (exact) mass is 363 g/mol. The van der Waals surface area contributed by atoms with Gasteiger partial charge in [0.15, 0.2) is 0 Å². The van der Waals surface area contributed by atoms with Crippen LogP contribution < -0.4 is 10.1 Å². The Morgan fingerprint density at radius 3 is 2.67 bits per heavy atom. The van der Waals surface area contributed by atoms with E-state index in [9.17, 15) is 0 Å². The second-order valence-corrected chi connectivity index (χ2v) is 7.13. The summed E-state index contributed by atoms with van der Waals surface area (Å²) in [6.07, 6.45) is 4.57. The van der Waals surface area contributed by atoms with Gasteiger partial charge in [0.2, 0.25) is 0 Å². The zero-order valence-electron chi connectivity index (χ0n) is 13.9. The van der Waals surface area contributed by atoms with Crippen molar-refractivity contribution in [1.82, 2.24) is 5.32 Å². The fraction of sp³-hybridized carbons (Fsp3) is 0.400. The normalized spacial score (nSPS) is 16.7. The molecule has 4 heteroatoms. The minimum absolute atomic E-state index is 0.387. The highest BCUT2D eigenvalue weighted by Gasteiger charge is 2.18. The molecule has 128 valence electrons. The summed E-state index contributed by atoms with van der Waals surface area (Å²) >= 11 is 12.4. The first kappa shape index (κ1) is 17.6. The van der Waals surface area contributed by atoms with E-state index in [4.69, 9.17) is 27.9 Å². The van der Waals surface area contributed by atoms with E-state index in [-0.39, 0.29) is 0 Å². The number of hydrogen-bond donors (Lipinski definition) is 1. The summed E-state index contributed by atoms with van der Waals surface area (Å²) in [5, 5.41) is 4.91. The lowest BCUT2D eigenvalue weighted by atomic mass is 9.88. The van der Waals surface area contributed by atoms with E-state index in [2.05, 4.69) is 24.4 Å². The molecule has 1 atom stereocenters. The van der Waals surface area contributed by atoms with Crippen molar-refractivity contribution in [3.8, 4) is 5.75 Å². The van der Waals surface area contributed by atoms with E-state index < -0.39 is 0 Å². The first-order valence-electron chi connectivity index (χ1n) is 8.58. The SMILES string of the molecule is CCCNC1CCc2cc(OCc3c(Cl)cccc3Cl)ccc2C1. The maximum absolute atomic E-state index is 6.20. The maximum atomic E-state index is 6.20. The molecule has 2 nitrogen and oxygen atoms in total. The lowest BCUT2D eigenvalue weighted by Crippen LogP contribution is -2.34. The van der Waals surface area contributed by atoms with Crippen molar-refractivity contribution in [2.24, 2.45) is 0 Å². The third-order valence-corrected chi connectivity index (χ3v) is 5.24. The summed E-state index contributed by atoms with van der Waals surface area (Å²) in [6, 6.07) is 12.5. The van der Waals surface area contributed by atoms with E-state index in [1.165, 1.54) is 24.0 Å². The second-order valence-electron chi connectivity index (χ2n) is 6.31. The lowest BCUT2D eigenvalue weighted by Gasteiger charge is -2.26. The molecule has 1 unspecified atom stereocenters. The van der Waals surface area contributed by atoms with Gasteiger partial charge >= 0.3 is 0 Å². The molecule has 0 aromatic heterocycles. The molecule has 0 aliphatic heterocycles. The van der Waals surface area contributed by atoms with Crippen molar-refractivity contribution in [2.75, 3.05) is 6.54 Å². The number of rotatable bonds is 6. The molecule has 3 rings (SSSR count). The molecule has 24 heavy (non-hydrogen) atoms. The molecule has 2 aromatic carbocycles. The van der Waals surface area contributed by atoms with Gasteiger partial charge in [0, 0.05) is 21.7 Å². The Kier molecular flexibility index (Phi) is 6.04. The molecule has 2 aromatic rings. The number of ether oxygens (including phenoxy) is 1. The molecular weight excluding hydrogens is 341 g/mol. The van der Waals surface area contributed by atoms with Gasteiger partial charge in [-0.1, -0.05) is 42.3 Å². The summed E-state index contributed by atoms with van der Waals surface area (Å²) in [7, 11) is 0. The third-order valence-electron chi connectivity index (χ3n) is 4.53. The zero-order chi connectivity index (χ0) is 16.9. The van der Waals surface area contributed by atoms with Crippen LogP contribution in [0.1, 0.15) is 36.5 Å². The number of hydrogen-bond acceptors (Lipinski definition) is 2. The molecule has 0 spiro atoms. The predicted molar refractivity (Wildman–Crippen MR) is 101 cm³/mol. The molecule has 0 amide bonds. The van der Waals surface area contributed by atoms with Crippen LogP contribution in [-0.4, -0.2) is 12.6 Å². The molecule has 0 radical (unpaired) electrons. The minimum Gasteiger partial charge on any atom is -0.489 e. The van der Waals surface area contributed by atoms with Gasteiger partial charge in [0.05, 0.1) is 0 Å². The lowest BCUT2D eigenvalue weighted by molar-refractivity contribution is 0.305. The third kappa shape index (κ3) is 4.24. The predicted octanol–water partition coefficient (Wildman–Crippen LogP) is 5.43. The van der Waals surface area contributed by atoms with Gasteiger partial charge in [-0.2, -0.15) is 0 Å². The molecule has 0 saturated heterocycles. The average Bonchev–Trinajstić information content (AvgIpc) is 2.59. The van der Waals surface area contributed by atoms with Crippen molar-refractivity contribution in [2.45, 2.75) is 45.3 Å². The topological polar surface area (TPSA) is 21.3 Å². The highest BCUT2D eigenvalue weighted by Crippen LogP contribution is 2.28. The van der Waals surface area contributed by atoms with Crippen LogP contribution in [0.3, 0.4) is 0 Å². The van der Waals surface area contributed by atoms with E-state index in [0.29, 0.717) is 22.7 Å². The molecule has 0 saturated carbocycles. The van der Waals surface area contributed by atoms with Gasteiger partial charge < -0.3 is 10.1 Å². The Labute approximate surface area is 154 Å². The van der Waals surface area contributed by atoms with Crippen LogP contribution in [0, 0.1) is 0 Å². The fourth-order valence-electron chi connectivity index (χ4n) is 3.17. The highest BCUT2D eigenvalue weighted by atomic mass is 35.5. The van der Waals surface area contributed by atoms with Crippen molar-refractivity contribution in [1.29, 1.82) is 0 Å². The van der Waals surface area contributed by atoms with Crippen LogP contribution in [0.5, 0.6) is 5.75 Å². The van der Waals surface area contributed by atoms with Gasteiger partial charge in [-0.05, 0) is 67.6 Å². The minimum atomic E-state index is 0.387. The first-order valence-corrected chi connectivity index (χ1v) is 9.34. The largest absolute Gasteiger partial charge is 0.489 e. The Morgan fingerprint density at radius 1 is 1.12 bits per heavy atom. The van der Waals surface area contributed by atoms with Gasteiger partial charge in [-0.3, -0.25) is 0 Å². The molecule has 1 N–H and O–H groups in total. The maximum Gasteiger partial charge on any atom is 0.120 e. The van der Waals surface area contributed by atoms with Gasteiger partial charge in [-0.25, -0.2) is 0 Å². The van der Waals surface area contributed by atoms with Gasteiger partial charge in [-0.15, -0.1) is 0 Å². The van der Waals surface area contributed by atoms with E-state index in [1.54, 1.807) is 0 Å². The average molecular weight is 364 g/mol. The molecule has 0 fully saturated rings. The van der Waals surface area contributed by atoms with Crippen molar-refractivity contribution in [3.63, 3.8) is 0 Å². The van der Waals surface area contributed by atoms with E-state index >= 15 is 0 Å². The van der Waals surface area contributed by atoms with E-state index in [1.807, 2.05) is 24.3 Å². The zero-order valence-corrected chi connectivity index (χ0v) is 15.5. The second kappa shape index (κ2) is 8.24. The molecule has 0 bridgehead atoms. The highest BCUT2D eigenvalue weighted by molar-refractivity contribution is 6.35. The quantitative estimate of drug-likeness (QED) is 0.738. The number of nitrogens with one attached hydrogen (secondary N) is 1. The van der Waals surface area contributed by atoms with Gasteiger partial charge in [0.25, 0.3) is 0 Å². The van der Waals surface area contributed by atoms with Gasteiger partial charge in [0.1, 0.15) is 12.4 Å². The van der Waals surface area contributed by atoms with Crippen LogP contribution in [0.4, 0.5) is 0 Å². The smallest absolute Gasteiger partial charge is 0.120 e. The summed E-state index contributed by atoms with van der Waals surface area (Å²) in [4.78, 5) is 0. The first-order chi connectivity index (χ1) is 11.7. The summed E-state index contributed by atoms with van der Waals surface area (Å²) in [5.74, 6) is 0.879. The molecule has 1 aliphatic rings. The van der Waals surface area contributed by atoms with E-state index in [0.717, 1.165) is 30.7 Å². The number of aryl methyl sites for hydroxylation is 1. The van der Waals surface area contributed by atoms with Crippen LogP contribution in [-0.2, 0) is 19.4 Å². The number of fused-ring (bicyclic) bond motifs is 1. The van der Waals surface area contributed by atoms with Crippen LogP contribution >= 0.6 is 23.2 Å². The number of halogens is 2. The summed E-state index contributed by atoms with van der Waals surface area (Å²) in [5.41, 5.74) is 3.66. The molecule has 0 heterocycles. The van der Waals surface area contributed by atoms with Crippen LogP contribution in [0.15, 0.2) is 36.4 Å².